The van der Waals surface area contributed by atoms with Crippen molar-refractivity contribution >= 4 is 21.5 Å². The minimum absolute atomic E-state index is 0.0688. The summed E-state index contributed by atoms with van der Waals surface area (Å²) in [5, 5.41) is 16.7. The van der Waals surface area contributed by atoms with Crippen LogP contribution in [0.15, 0.2) is 53.4 Å². The van der Waals surface area contributed by atoms with Crippen LogP contribution in [0.4, 0.5) is 11.5 Å². The highest BCUT2D eigenvalue weighted by Gasteiger charge is 2.13. The van der Waals surface area contributed by atoms with Gasteiger partial charge in [-0.2, -0.15) is 0 Å². The summed E-state index contributed by atoms with van der Waals surface area (Å²) in [4.78, 5) is 0.0688. The SMILES string of the molecule is COc1ccc(Nc2ccc(-c3ccc(C)c(S(N)(=O)=O)c3)nn2)cc1OC. The number of nitrogens with two attached hydrogens (primary N) is 1. The molecule has 2 aromatic carbocycles. The quantitative estimate of drug-likeness (QED) is 0.653. The van der Waals surface area contributed by atoms with Crippen molar-refractivity contribution in [3.63, 3.8) is 0 Å². The van der Waals surface area contributed by atoms with E-state index in [0.29, 0.717) is 34.1 Å². The predicted octanol–water partition coefficient (Wildman–Crippen LogP) is 2.86. The summed E-state index contributed by atoms with van der Waals surface area (Å²) in [5.41, 5.74) is 2.47. The minimum atomic E-state index is -3.81. The van der Waals surface area contributed by atoms with Crippen molar-refractivity contribution in [3.05, 3.63) is 54.1 Å². The number of hydrogen-bond donors (Lipinski definition) is 2. The van der Waals surface area contributed by atoms with Gasteiger partial charge in [-0.25, -0.2) is 13.6 Å². The first kappa shape index (κ1) is 19.6. The molecule has 0 amide bonds. The van der Waals surface area contributed by atoms with E-state index in [9.17, 15) is 8.42 Å². The number of rotatable bonds is 6. The van der Waals surface area contributed by atoms with Gasteiger partial charge in [0.2, 0.25) is 10.0 Å². The maximum atomic E-state index is 11.7. The maximum Gasteiger partial charge on any atom is 0.238 e. The van der Waals surface area contributed by atoms with E-state index >= 15 is 0 Å². The van der Waals surface area contributed by atoms with Gasteiger partial charge in [-0.1, -0.05) is 12.1 Å². The number of benzene rings is 2. The van der Waals surface area contributed by atoms with Crippen LogP contribution in [0, 0.1) is 6.92 Å². The van der Waals surface area contributed by atoms with Crippen molar-refractivity contribution in [2.24, 2.45) is 5.14 Å². The number of nitrogens with zero attached hydrogens (tertiary/aromatic N) is 2. The van der Waals surface area contributed by atoms with Crippen LogP contribution in [0.3, 0.4) is 0 Å². The van der Waals surface area contributed by atoms with Crippen molar-refractivity contribution < 1.29 is 17.9 Å². The molecule has 0 unspecified atom stereocenters. The molecule has 0 radical (unpaired) electrons. The second-order valence-electron chi connectivity index (χ2n) is 6.02. The molecular weight excluding hydrogens is 380 g/mol. The average molecular weight is 400 g/mol. The fourth-order valence-electron chi connectivity index (χ4n) is 2.68. The van der Waals surface area contributed by atoms with Crippen molar-refractivity contribution in [1.82, 2.24) is 10.2 Å². The lowest BCUT2D eigenvalue weighted by Crippen LogP contribution is -2.13. The van der Waals surface area contributed by atoms with E-state index in [-0.39, 0.29) is 4.90 Å². The Morgan fingerprint density at radius 1 is 0.929 bits per heavy atom. The maximum absolute atomic E-state index is 11.7. The smallest absolute Gasteiger partial charge is 0.238 e. The van der Waals surface area contributed by atoms with E-state index in [1.165, 1.54) is 6.07 Å². The van der Waals surface area contributed by atoms with Gasteiger partial charge >= 0.3 is 0 Å². The number of ether oxygens (including phenoxy) is 2. The molecule has 3 N–H and O–H groups in total. The molecule has 0 saturated heterocycles. The molecule has 9 heteroatoms. The number of nitrogens with one attached hydrogen (secondary N) is 1. The molecule has 0 aliphatic heterocycles. The normalized spacial score (nSPS) is 11.1. The summed E-state index contributed by atoms with van der Waals surface area (Å²) < 4.78 is 33.9. The summed E-state index contributed by atoms with van der Waals surface area (Å²) in [5.74, 6) is 1.74. The molecule has 3 aromatic rings. The third kappa shape index (κ3) is 4.21. The topological polar surface area (TPSA) is 116 Å². The average Bonchev–Trinajstić information content (AvgIpc) is 2.68. The van der Waals surface area contributed by atoms with E-state index in [1.54, 1.807) is 57.5 Å². The predicted molar refractivity (Wildman–Crippen MR) is 106 cm³/mol. The van der Waals surface area contributed by atoms with Gasteiger partial charge in [-0.05, 0) is 42.8 Å². The zero-order valence-electron chi connectivity index (χ0n) is 15.6. The Morgan fingerprint density at radius 3 is 2.29 bits per heavy atom. The molecule has 0 aliphatic rings. The van der Waals surface area contributed by atoms with E-state index < -0.39 is 10.0 Å². The molecule has 0 atom stereocenters. The first-order valence-electron chi connectivity index (χ1n) is 8.28. The summed E-state index contributed by atoms with van der Waals surface area (Å²) in [6, 6.07) is 13.8. The van der Waals surface area contributed by atoms with E-state index in [1.807, 2.05) is 6.07 Å². The Morgan fingerprint density at radius 2 is 1.68 bits per heavy atom. The molecule has 0 saturated carbocycles. The van der Waals surface area contributed by atoms with Gasteiger partial charge in [0.25, 0.3) is 0 Å². The van der Waals surface area contributed by atoms with Crippen LogP contribution >= 0.6 is 0 Å². The lowest BCUT2D eigenvalue weighted by atomic mass is 10.1. The van der Waals surface area contributed by atoms with Crippen LogP contribution in [0.25, 0.3) is 11.3 Å². The molecule has 8 nitrogen and oxygen atoms in total. The van der Waals surface area contributed by atoms with Crippen LogP contribution in [-0.4, -0.2) is 32.8 Å². The monoisotopic (exact) mass is 400 g/mol. The molecule has 3 rings (SSSR count). The third-order valence-electron chi connectivity index (χ3n) is 4.11. The van der Waals surface area contributed by atoms with Gasteiger partial charge in [0.05, 0.1) is 24.8 Å². The number of aryl methyl sites for hydroxylation is 1. The highest BCUT2D eigenvalue weighted by molar-refractivity contribution is 7.89. The Hall–Kier alpha value is -3.17. The highest BCUT2D eigenvalue weighted by Crippen LogP contribution is 2.31. The molecule has 146 valence electrons. The minimum Gasteiger partial charge on any atom is -0.493 e. The van der Waals surface area contributed by atoms with Gasteiger partial charge < -0.3 is 14.8 Å². The van der Waals surface area contributed by atoms with E-state index in [2.05, 4.69) is 15.5 Å². The molecular formula is C19H20N4O4S. The first-order valence-corrected chi connectivity index (χ1v) is 9.83. The van der Waals surface area contributed by atoms with Crippen LogP contribution in [0.2, 0.25) is 0 Å². The van der Waals surface area contributed by atoms with Gasteiger partial charge in [-0.3, -0.25) is 0 Å². The lowest BCUT2D eigenvalue weighted by Gasteiger charge is -2.11. The molecule has 28 heavy (non-hydrogen) atoms. The number of anilines is 2. The standard InChI is InChI=1S/C19H20N4O4S/c1-12-4-5-13(10-18(12)28(20,24)25)15-7-9-19(23-22-15)21-14-6-8-16(26-2)17(11-14)27-3/h4-11H,1-3H3,(H,21,23)(H2,20,24,25). The van der Waals surface area contributed by atoms with Gasteiger partial charge in [-0.15, -0.1) is 10.2 Å². The molecule has 1 aromatic heterocycles. The Labute approximate surface area is 163 Å². The summed E-state index contributed by atoms with van der Waals surface area (Å²) in [7, 11) is -0.674. The molecule has 0 fully saturated rings. The van der Waals surface area contributed by atoms with Crippen LogP contribution in [0.5, 0.6) is 11.5 Å². The van der Waals surface area contributed by atoms with Crippen LogP contribution in [0.1, 0.15) is 5.56 Å². The Kier molecular flexibility index (Phi) is 5.48. The first-order chi connectivity index (χ1) is 13.3. The van der Waals surface area contributed by atoms with Crippen LogP contribution < -0.4 is 19.9 Å². The van der Waals surface area contributed by atoms with E-state index in [0.717, 1.165) is 5.69 Å². The second kappa shape index (κ2) is 7.83. The number of sulfonamides is 1. The van der Waals surface area contributed by atoms with Gasteiger partial charge in [0.1, 0.15) is 0 Å². The fraction of sp³-hybridized carbons (Fsp3) is 0.158. The number of hydrogen-bond acceptors (Lipinski definition) is 7. The molecule has 0 bridgehead atoms. The highest BCUT2D eigenvalue weighted by atomic mass is 32.2. The number of primary sulfonamides is 1. The Bertz CT molecular complexity index is 1100. The number of aromatic nitrogens is 2. The lowest BCUT2D eigenvalue weighted by molar-refractivity contribution is 0.355. The molecule has 0 spiro atoms. The summed E-state index contributed by atoms with van der Waals surface area (Å²) in [6.45, 7) is 1.69. The second-order valence-corrected chi connectivity index (χ2v) is 7.55. The van der Waals surface area contributed by atoms with Crippen molar-refractivity contribution in [3.8, 4) is 22.8 Å². The Balaban J connectivity index is 1.85. The zero-order chi connectivity index (χ0) is 20.3. The van der Waals surface area contributed by atoms with Crippen molar-refractivity contribution in [2.75, 3.05) is 19.5 Å². The van der Waals surface area contributed by atoms with Crippen molar-refractivity contribution in [1.29, 1.82) is 0 Å². The zero-order valence-corrected chi connectivity index (χ0v) is 16.4. The summed E-state index contributed by atoms with van der Waals surface area (Å²) in [6.07, 6.45) is 0. The molecule has 1 heterocycles. The van der Waals surface area contributed by atoms with E-state index in [4.69, 9.17) is 14.6 Å². The summed E-state index contributed by atoms with van der Waals surface area (Å²) >= 11 is 0. The largest absolute Gasteiger partial charge is 0.493 e. The van der Waals surface area contributed by atoms with Gasteiger partial charge in [0, 0.05) is 17.3 Å². The third-order valence-corrected chi connectivity index (χ3v) is 5.16. The van der Waals surface area contributed by atoms with Gasteiger partial charge in [0.15, 0.2) is 17.3 Å². The number of methoxy groups -OCH3 is 2. The molecule has 0 aliphatic carbocycles. The fourth-order valence-corrected chi connectivity index (χ4v) is 3.49. The van der Waals surface area contributed by atoms with Crippen LogP contribution in [-0.2, 0) is 10.0 Å². The van der Waals surface area contributed by atoms with Crippen molar-refractivity contribution in [2.45, 2.75) is 11.8 Å².